The molecule has 4 nitrogen and oxygen atoms in total. The lowest BCUT2D eigenvalue weighted by Gasteiger charge is -2.26. The minimum absolute atomic E-state index is 0.194. The molecule has 0 saturated carbocycles. The van der Waals surface area contributed by atoms with Crippen LogP contribution in [0.1, 0.15) is 5.69 Å². The van der Waals surface area contributed by atoms with Crippen LogP contribution in [0.25, 0.3) is 0 Å². The van der Waals surface area contributed by atoms with Gasteiger partial charge in [-0.2, -0.15) is 18.2 Å². The van der Waals surface area contributed by atoms with Gasteiger partial charge in [-0.25, -0.2) is 4.98 Å². The molecule has 88 valence electrons. The van der Waals surface area contributed by atoms with E-state index in [2.05, 4.69) is 9.97 Å². The molecule has 0 N–H and O–H groups in total. The molecule has 16 heavy (non-hydrogen) atoms. The van der Waals surface area contributed by atoms with Crippen LogP contribution in [0.3, 0.4) is 0 Å². The maximum absolute atomic E-state index is 12.4. The van der Waals surface area contributed by atoms with E-state index >= 15 is 0 Å². The maximum Gasteiger partial charge on any atom is 0.433 e. The Kier molecular flexibility index (Phi) is 2.90. The molecule has 2 rings (SSSR count). The molecule has 0 aromatic carbocycles. The number of nitrogens with zero attached hydrogens (tertiary/aromatic N) is 2. The van der Waals surface area contributed by atoms with Crippen LogP contribution >= 0.6 is 11.6 Å². The van der Waals surface area contributed by atoms with E-state index in [0.717, 1.165) is 0 Å². The lowest BCUT2D eigenvalue weighted by Crippen LogP contribution is -2.38. The fraction of sp³-hybridized carbons (Fsp3) is 0.500. The quantitative estimate of drug-likeness (QED) is 0.757. The average Bonchev–Trinajstić information content (AvgIpc) is 2.09. The van der Waals surface area contributed by atoms with E-state index in [0.29, 0.717) is 19.3 Å². The molecule has 0 unspecified atom stereocenters. The number of ether oxygens (including phenoxy) is 2. The summed E-state index contributed by atoms with van der Waals surface area (Å²) in [4.78, 5) is 6.62. The normalized spacial score (nSPS) is 17.0. The lowest BCUT2D eigenvalue weighted by atomic mass is 10.3. The average molecular weight is 255 g/mol. The Bertz CT molecular complexity index is 395. The molecule has 1 aliphatic heterocycles. The van der Waals surface area contributed by atoms with Crippen LogP contribution in [-0.2, 0) is 10.9 Å². The molecular formula is C8H6ClF3N2O2. The Morgan fingerprint density at radius 2 is 2.06 bits per heavy atom. The van der Waals surface area contributed by atoms with Crippen molar-refractivity contribution in [2.45, 2.75) is 12.3 Å². The number of hydrogen-bond donors (Lipinski definition) is 0. The topological polar surface area (TPSA) is 44.2 Å². The van der Waals surface area contributed by atoms with Gasteiger partial charge in [0.1, 0.15) is 6.10 Å². The van der Waals surface area contributed by atoms with Crippen LogP contribution in [-0.4, -0.2) is 29.3 Å². The van der Waals surface area contributed by atoms with Crippen molar-refractivity contribution in [3.05, 3.63) is 17.0 Å². The van der Waals surface area contributed by atoms with E-state index in [4.69, 9.17) is 21.1 Å². The van der Waals surface area contributed by atoms with Crippen molar-refractivity contribution in [3.8, 4) is 5.88 Å². The van der Waals surface area contributed by atoms with Gasteiger partial charge in [0.15, 0.2) is 5.69 Å². The molecule has 1 aromatic heterocycles. The summed E-state index contributed by atoms with van der Waals surface area (Å²) in [5.74, 6) is -0.194. The molecular weight excluding hydrogens is 249 g/mol. The molecule has 0 bridgehead atoms. The summed E-state index contributed by atoms with van der Waals surface area (Å²) >= 11 is 5.37. The van der Waals surface area contributed by atoms with Gasteiger partial charge in [-0.15, -0.1) is 0 Å². The summed E-state index contributed by atoms with van der Waals surface area (Å²) < 4.78 is 47.0. The third-order valence-corrected chi connectivity index (χ3v) is 2.03. The first-order valence-electron chi connectivity index (χ1n) is 4.31. The van der Waals surface area contributed by atoms with Crippen molar-refractivity contribution < 1.29 is 22.6 Å². The molecule has 0 amide bonds. The second-order valence-corrected chi connectivity index (χ2v) is 3.47. The number of rotatable bonds is 2. The standard InChI is InChI=1S/C8H6ClF3N2O2/c9-7-13-5(8(10,11)12)1-6(14-7)16-4-2-15-3-4/h1,4H,2-3H2. The Hall–Kier alpha value is -1.08. The van der Waals surface area contributed by atoms with Crippen LogP contribution in [0.5, 0.6) is 5.88 Å². The molecule has 0 aliphatic carbocycles. The molecule has 0 radical (unpaired) electrons. The zero-order chi connectivity index (χ0) is 11.8. The fourth-order valence-corrected chi connectivity index (χ4v) is 1.23. The molecule has 1 aliphatic rings. The largest absolute Gasteiger partial charge is 0.469 e. The van der Waals surface area contributed by atoms with Gasteiger partial charge in [0.05, 0.1) is 13.2 Å². The number of hydrogen-bond acceptors (Lipinski definition) is 4. The maximum atomic E-state index is 12.4. The monoisotopic (exact) mass is 254 g/mol. The van der Waals surface area contributed by atoms with Crippen molar-refractivity contribution in [1.82, 2.24) is 9.97 Å². The third-order valence-electron chi connectivity index (χ3n) is 1.86. The van der Waals surface area contributed by atoms with Crippen LogP contribution in [0, 0.1) is 0 Å². The van der Waals surface area contributed by atoms with Crippen molar-refractivity contribution in [3.63, 3.8) is 0 Å². The number of halogens is 4. The highest BCUT2D eigenvalue weighted by atomic mass is 35.5. The van der Waals surface area contributed by atoms with Crippen molar-refractivity contribution in [2.75, 3.05) is 13.2 Å². The summed E-state index contributed by atoms with van der Waals surface area (Å²) in [7, 11) is 0. The first-order valence-corrected chi connectivity index (χ1v) is 4.69. The molecule has 1 aromatic rings. The van der Waals surface area contributed by atoms with E-state index in [-0.39, 0.29) is 12.0 Å². The molecule has 0 atom stereocenters. The third kappa shape index (κ3) is 2.53. The van der Waals surface area contributed by atoms with Crippen molar-refractivity contribution in [2.24, 2.45) is 0 Å². The van der Waals surface area contributed by atoms with Gasteiger partial charge in [-0.1, -0.05) is 0 Å². The summed E-state index contributed by atoms with van der Waals surface area (Å²) in [6.45, 7) is 0.673. The van der Waals surface area contributed by atoms with Gasteiger partial charge in [-0.05, 0) is 11.6 Å². The van der Waals surface area contributed by atoms with Gasteiger partial charge in [-0.3, -0.25) is 0 Å². The zero-order valence-corrected chi connectivity index (χ0v) is 8.55. The smallest absolute Gasteiger partial charge is 0.433 e. The first kappa shape index (κ1) is 11.4. The highest BCUT2D eigenvalue weighted by Crippen LogP contribution is 2.30. The van der Waals surface area contributed by atoms with Crippen molar-refractivity contribution in [1.29, 1.82) is 0 Å². The second kappa shape index (κ2) is 4.06. The zero-order valence-electron chi connectivity index (χ0n) is 7.79. The van der Waals surface area contributed by atoms with Gasteiger partial charge in [0.2, 0.25) is 11.2 Å². The highest BCUT2D eigenvalue weighted by molar-refractivity contribution is 6.28. The highest BCUT2D eigenvalue weighted by Gasteiger charge is 2.34. The predicted molar refractivity (Wildman–Crippen MR) is 47.3 cm³/mol. The first-order chi connectivity index (χ1) is 7.45. The summed E-state index contributed by atoms with van der Waals surface area (Å²) in [5, 5.41) is -0.495. The SMILES string of the molecule is FC(F)(F)c1cc(OC2COC2)nc(Cl)n1. The van der Waals surface area contributed by atoms with Crippen LogP contribution in [0.4, 0.5) is 13.2 Å². The second-order valence-electron chi connectivity index (χ2n) is 3.14. The van der Waals surface area contributed by atoms with Gasteiger partial charge in [0, 0.05) is 6.07 Å². The molecule has 8 heteroatoms. The van der Waals surface area contributed by atoms with E-state index in [1.807, 2.05) is 0 Å². The Morgan fingerprint density at radius 3 is 2.56 bits per heavy atom. The van der Waals surface area contributed by atoms with Crippen LogP contribution in [0.15, 0.2) is 6.07 Å². The Balaban J connectivity index is 2.21. The van der Waals surface area contributed by atoms with E-state index in [1.165, 1.54) is 0 Å². The molecule has 2 heterocycles. The van der Waals surface area contributed by atoms with E-state index in [1.54, 1.807) is 0 Å². The molecule has 0 spiro atoms. The predicted octanol–water partition coefficient (Wildman–Crippen LogP) is 1.93. The van der Waals surface area contributed by atoms with E-state index in [9.17, 15) is 13.2 Å². The summed E-state index contributed by atoms with van der Waals surface area (Å²) in [5.41, 5.74) is -1.12. The fourth-order valence-electron chi connectivity index (χ4n) is 1.06. The number of alkyl halides is 3. The van der Waals surface area contributed by atoms with Gasteiger partial charge in [0.25, 0.3) is 0 Å². The Morgan fingerprint density at radius 1 is 1.38 bits per heavy atom. The molecule has 1 saturated heterocycles. The minimum Gasteiger partial charge on any atom is -0.469 e. The van der Waals surface area contributed by atoms with Crippen molar-refractivity contribution >= 4 is 11.6 Å². The van der Waals surface area contributed by atoms with Crippen LogP contribution in [0.2, 0.25) is 5.28 Å². The summed E-state index contributed by atoms with van der Waals surface area (Å²) in [6, 6.07) is 0.712. The summed E-state index contributed by atoms with van der Waals surface area (Å²) in [6.07, 6.45) is -4.84. The number of aromatic nitrogens is 2. The molecule has 1 fully saturated rings. The van der Waals surface area contributed by atoms with Gasteiger partial charge < -0.3 is 9.47 Å². The lowest BCUT2D eigenvalue weighted by molar-refractivity contribution is -0.141. The van der Waals surface area contributed by atoms with Gasteiger partial charge >= 0.3 is 6.18 Å². The van der Waals surface area contributed by atoms with E-state index < -0.39 is 17.2 Å². The Labute approximate surface area is 93.4 Å². The minimum atomic E-state index is -4.57. The van der Waals surface area contributed by atoms with Crippen LogP contribution < -0.4 is 4.74 Å².